The van der Waals surface area contributed by atoms with Gasteiger partial charge in [0.05, 0.1) is 12.7 Å². The zero-order chi connectivity index (χ0) is 19.1. The van der Waals surface area contributed by atoms with Crippen molar-refractivity contribution >= 4 is 40.2 Å². The average Bonchev–Trinajstić information content (AvgIpc) is 2.66. The molecule has 1 heterocycles. The standard InChI is InChI=1S/C20H23ClIN3O2/c21-17-6-4-15(5-7-17)11-23-20(26)24-12-19-14-25(8-9-27-19)13-16-2-1-3-18(22)10-16/h1-7,10,19H,8-9,11-14H2,(H2,23,24,26). The highest BCUT2D eigenvalue weighted by Gasteiger charge is 2.21. The lowest BCUT2D eigenvalue weighted by Crippen LogP contribution is -2.48. The number of ether oxygens (including phenoxy) is 1. The van der Waals surface area contributed by atoms with Gasteiger partial charge in [-0.15, -0.1) is 0 Å². The number of benzene rings is 2. The van der Waals surface area contributed by atoms with Gasteiger partial charge in [0.15, 0.2) is 0 Å². The Hall–Kier alpha value is -1.35. The van der Waals surface area contributed by atoms with Crippen LogP contribution in [-0.2, 0) is 17.8 Å². The Morgan fingerprint density at radius 2 is 2.00 bits per heavy atom. The largest absolute Gasteiger partial charge is 0.374 e. The van der Waals surface area contributed by atoms with Crippen LogP contribution in [0.2, 0.25) is 5.02 Å². The Bertz CT molecular complexity index is 757. The molecule has 144 valence electrons. The third kappa shape index (κ3) is 6.95. The molecule has 2 amide bonds. The van der Waals surface area contributed by atoms with Crippen LogP contribution in [0.4, 0.5) is 4.79 Å². The Kier molecular flexibility index (Phi) is 7.75. The number of amides is 2. The third-order valence-electron chi connectivity index (χ3n) is 4.37. The minimum atomic E-state index is -0.191. The molecule has 0 aliphatic carbocycles. The van der Waals surface area contributed by atoms with E-state index in [9.17, 15) is 4.79 Å². The summed E-state index contributed by atoms with van der Waals surface area (Å²) < 4.78 is 7.04. The number of nitrogens with one attached hydrogen (secondary N) is 2. The number of carbonyl (C=O) groups is 1. The third-order valence-corrected chi connectivity index (χ3v) is 5.30. The van der Waals surface area contributed by atoms with Crippen molar-refractivity contribution in [3.05, 3.63) is 68.3 Å². The molecule has 2 aromatic carbocycles. The van der Waals surface area contributed by atoms with Crippen molar-refractivity contribution in [3.8, 4) is 0 Å². The Balaban J connectivity index is 1.39. The van der Waals surface area contributed by atoms with Crippen LogP contribution in [0.3, 0.4) is 0 Å². The van der Waals surface area contributed by atoms with Crippen LogP contribution in [0.25, 0.3) is 0 Å². The zero-order valence-electron chi connectivity index (χ0n) is 15.0. The van der Waals surface area contributed by atoms with Gasteiger partial charge in [-0.05, 0) is 58.0 Å². The average molecular weight is 500 g/mol. The van der Waals surface area contributed by atoms with Crippen molar-refractivity contribution in [1.82, 2.24) is 15.5 Å². The zero-order valence-corrected chi connectivity index (χ0v) is 17.9. The lowest BCUT2D eigenvalue weighted by atomic mass is 10.2. The van der Waals surface area contributed by atoms with E-state index in [-0.39, 0.29) is 12.1 Å². The molecule has 0 saturated carbocycles. The van der Waals surface area contributed by atoms with Gasteiger partial charge in [0.2, 0.25) is 0 Å². The van der Waals surface area contributed by atoms with E-state index in [1.54, 1.807) is 0 Å². The van der Waals surface area contributed by atoms with Gasteiger partial charge < -0.3 is 15.4 Å². The van der Waals surface area contributed by atoms with Crippen LogP contribution >= 0.6 is 34.2 Å². The molecule has 1 aliphatic rings. The molecule has 7 heteroatoms. The normalized spacial score (nSPS) is 17.5. The Morgan fingerprint density at radius 3 is 2.78 bits per heavy atom. The molecule has 0 radical (unpaired) electrons. The van der Waals surface area contributed by atoms with Crippen LogP contribution in [-0.4, -0.2) is 43.3 Å². The van der Waals surface area contributed by atoms with E-state index in [4.69, 9.17) is 16.3 Å². The predicted octanol–water partition coefficient (Wildman–Crippen LogP) is 3.64. The van der Waals surface area contributed by atoms with Gasteiger partial charge in [-0.1, -0.05) is 35.9 Å². The van der Waals surface area contributed by atoms with Gasteiger partial charge in [-0.2, -0.15) is 0 Å². The molecular formula is C20H23ClIN3O2. The number of rotatable bonds is 6. The minimum absolute atomic E-state index is 0.00261. The van der Waals surface area contributed by atoms with Crippen LogP contribution in [0, 0.1) is 3.57 Å². The highest BCUT2D eigenvalue weighted by atomic mass is 127. The number of nitrogens with zero attached hydrogens (tertiary/aromatic N) is 1. The van der Waals surface area contributed by atoms with Gasteiger partial charge in [0.1, 0.15) is 0 Å². The fourth-order valence-electron chi connectivity index (χ4n) is 2.99. The van der Waals surface area contributed by atoms with Crippen LogP contribution in [0.15, 0.2) is 48.5 Å². The van der Waals surface area contributed by atoms with Crippen molar-refractivity contribution in [1.29, 1.82) is 0 Å². The van der Waals surface area contributed by atoms with E-state index in [0.29, 0.717) is 24.7 Å². The Labute approximate surface area is 178 Å². The van der Waals surface area contributed by atoms with Crippen molar-refractivity contribution in [2.75, 3.05) is 26.2 Å². The highest BCUT2D eigenvalue weighted by Crippen LogP contribution is 2.13. The summed E-state index contributed by atoms with van der Waals surface area (Å²) in [5.41, 5.74) is 2.31. The fourth-order valence-corrected chi connectivity index (χ4v) is 3.73. The molecule has 27 heavy (non-hydrogen) atoms. The second-order valence-corrected chi connectivity index (χ2v) is 8.23. The number of urea groups is 1. The van der Waals surface area contributed by atoms with Crippen LogP contribution < -0.4 is 10.6 Å². The first-order valence-electron chi connectivity index (χ1n) is 8.93. The lowest BCUT2D eigenvalue weighted by molar-refractivity contribution is -0.0287. The first-order valence-corrected chi connectivity index (χ1v) is 10.4. The second kappa shape index (κ2) is 10.3. The van der Waals surface area contributed by atoms with E-state index in [0.717, 1.165) is 25.2 Å². The SMILES string of the molecule is O=C(NCc1ccc(Cl)cc1)NCC1CN(Cc2cccc(I)c2)CCO1. The van der Waals surface area contributed by atoms with E-state index >= 15 is 0 Å². The molecule has 3 rings (SSSR count). The number of hydrogen-bond donors (Lipinski definition) is 2. The van der Waals surface area contributed by atoms with Crippen molar-refractivity contribution in [2.24, 2.45) is 0 Å². The molecule has 1 aliphatic heterocycles. The van der Waals surface area contributed by atoms with Crippen LogP contribution in [0.1, 0.15) is 11.1 Å². The molecule has 2 aromatic rings. The molecule has 0 aromatic heterocycles. The van der Waals surface area contributed by atoms with E-state index in [2.05, 4.69) is 62.4 Å². The number of carbonyl (C=O) groups excluding carboxylic acids is 1. The van der Waals surface area contributed by atoms with Gasteiger partial charge >= 0.3 is 6.03 Å². The molecule has 1 unspecified atom stereocenters. The second-order valence-electron chi connectivity index (χ2n) is 6.55. The molecule has 1 atom stereocenters. The highest BCUT2D eigenvalue weighted by molar-refractivity contribution is 14.1. The molecule has 2 N–H and O–H groups in total. The summed E-state index contributed by atoms with van der Waals surface area (Å²) >= 11 is 8.20. The summed E-state index contributed by atoms with van der Waals surface area (Å²) in [6.07, 6.45) is 0.00261. The van der Waals surface area contributed by atoms with Gasteiger partial charge in [0, 0.05) is 41.3 Å². The quantitative estimate of drug-likeness (QED) is 0.597. The smallest absolute Gasteiger partial charge is 0.315 e. The fraction of sp³-hybridized carbons (Fsp3) is 0.350. The van der Waals surface area contributed by atoms with Gasteiger partial charge in [-0.3, -0.25) is 4.90 Å². The van der Waals surface area contributed by atoms with E-state index < -0.39 is 0 Å². The van der Waals surface area contributed by atoms with Crippen molar-refractivity contribution < 1.29 is 9.53 Å². The first-order chi connectivity index (χ1) is 13.1. The maximum absolute atomic E-state index is 12.0. The molecule has 0 bridgehead atoms. The van der Waals surface area contributed by atoms with Crippen molar-refractivity contribution in [2.45, 2.75) is 19.2 Å². The molecular weight excluding hydrogens is 477 g/mol. The number of morpholine rings is 1. The van der Waals surface area contributed by atoms with Crippen molar-refractivity contribution in [3.63, 3.8) is 0 Å². The summed E-state index contributed by atoms with van der Waals surface area (Å²) in [7, 11) is 0. The molecule has 1 fully saturated rings. The number of hydrogen-bond acceptors (Lipinski definition) is 3. The van der Waals surface area contributed by atoms with E-state index in [1.807, 2.05) is 24.3 Å². The number of halogens is 2. The molecule has 5 nitrogen and oxygen atoms in total. The summed E-state index contributed by atoms with van der Waals surface area (Å²) in [5, 5.41) is 6.44. The van der Waals surface area contributed by atoms with Gasteiger partial charge in [-0.25, -0.2) is 4.79 Å². The minimum Gasteiger partial charge on any atom is -0.374 e. The predicted molar refractivity (Wildman–Crippen MR) is 116 cm³/mol. The summed E-state index contributed by atoms with van der Waals surface area (Å²) in [5.74, 6) is 0. The summed E-state index contributed by atoms with van der Waals surface area (Å²) in [6, 6.07) is 15.8. The summed E-state index contributed by atoms with van der Waals surface area (Å²) in [6.45, 7) is 4.26. The first kappa shape index (κ1) is 20.4. The maximum atomic E-state index is 12.0. The summed E-state index contributed by atoms with van der Waals surface area (Å²) in [4.78, 5) is 14.4. The Morgan fingerprint density at radius 1 is 1.19 bits per heavy atom. The molecule has 1 saturated heterocycles. The maximum Gasteiger partial charge on any atom is 0.315 e. The van der Waals surface area contributed by atoms with Gasteiger partial charge in [0.25, 0.3) is 0 Å². The van der Waals surface area contributed by atoms with E-state index in [1.165, 1.54) is 9.13 Å². The lowest BCUT2D eigenvalue weighted by Gasteiger charge is -2.33. The monoisotopic (exact) mass is 499 g/mol. The molecule has 0 spiro atoms. The van der Waals surface area contributed by atoms with Crippen LogP contribution in [0.5, 0.6) is 0 Å². The topological polar surface area (TPSA) is 53.6 Å².